The molecule has 4 N–H and O–H groups in total. The molecule has 0 unspecified atom stereocenters. The van der Waals surface area contributed by atoms with Gasteiger partial charge in [-0.3, -0.25) is 9.59 Å². The smallest absolute Gasteiger partial charge is 0.263 e. The maximum Gasteiger partial charge on any atom is 0.263 e. The van der Waals surface area contributed by atoms with Crippen molar-refractivity contribution in [3.63, 3.8) is 0 Å². The average Bonchev–Trinajstić information content (AvgIpc) is 3.28. The molecule has 0 radical (unpaired) electrons. The molecular formula is C21H21N5O4. The number of hydrazone groups is 1. The summed E-state index contributed by atoms with van der Waals surface area (Å²) in [5.74, 6) is -0.125. The zero-order valence-corrected chi connectivity index (χ0v) is 16.2. The van der Waals surface area contributed by atoms with Crippen molar-refractivity contribution in [2.24, 2.45) is 5.10 Å². The highest BCUT2D eigenvalue weighted by Gasteiger charge is 2.22. The quantitative estimate of drug-likeness (QED) is 0.333. The molecule has 154 valence electrons. The number of benzene rings is 2. The number of H-pyrrole nitrogens is 1. The molecule has 1 atom stereocenters. The molecule has 2 aromatic carbocycles. The SMILES string of the molecule is COc1ccc(C(=O)N[C@@H](Cc2cnc[nH]2)C(=O)N/N=C/c2ccc(O)cc2)cc1. The number of hydrogen-bond donors (Lipinski definition) is 4. The van der Waals surface area contributed by atoms with E-state index in [2.05, 4.69) is 25.8 Å². The lowest BCUT2D eigenvalue weighted by molar-refractivity contribution is -0.122. The van der Waals surface area contributed by atoms with Gasteiger partial charge in [-0.05, 0) is 54.1 Å². The Labute approximate surface area is 172 Å². The van der Waals surface area contributed by atoms with E-state index in [1.165, 1.54) is 24.7 Å². The van der Waals surface area contributed by atoms with Crippen molar-refractivity contribution in [1.82, 2.24) is 20.7 Å². The first-order chi connectivity index (χ1) is 14.5. The van der Waals surface area contributed by atoms with Crippen LogP contribution in [0.3, 0.4) is 0 Å². The molecule has 1 aromatic heterocycles. The van der Waals surface area contributed by atoms with E-state index >= 15 is 0 Å². The molecular weight excluding hydrogens is 386 g/mol. The summed E-state index contributed by atoms with van der Waals surface area (Å²) in [4.78, 5) is 32.1. The van der Waals surface area contributed by atoms with Crippen LogP contribution in [0.15, 0.2) is 66.2 Å². The highest BCUT2D eigenvalue weighted by molar-refractivity contribution is 5.97. The average molecular weight is 407 g/mol. The van der Waals surface area contributed by atoms with Crippen LogP contribution in [0.4, 0.5) is 0 Å². The van der Waals surface area contributed by atoms with E-state index in [-0.39, 0.29) is 12.2 Å². The van der Waals surface area contributed by atoms with Gasteiger partial charge in [-0.1, -0.05) is 0 Å². The van der Waals surface area contributed by atoms with Gasteiger partial charge in [0.05, 0.1) is 19.7 Å². The van der Waals surface area contributed by atoms with Crippen molar-refractivity contribution in [2.75, 3.05) is 7.11 Å². The number of phenols is 1. The van der Waals surface area contributed by atoms with Gasteiger partial charge in [-0.25, -0.2) is 10.4 Å². The molecule has 9 nitrogen and oxygen atoms in total. The van der Waals surface area contributed by atoms with Crippen molar-refractivity contribution < 1.29 is 19.4 Å². The van der Waals surface area contributed by atoms with E-state index in [1.807, 2.05) is 0 Å². The minimum Gasteiger partial charge on any atom is -0.508 e. The number of methoxy groups -OCH3 is 1. The van der Waals surface area contributed by atoms with Crippen molar-refractivity contribution >= 4 is 18.0 Å². The molecule has 0 aliphatic heterocycles. The van der Waals surface area contributed by atoms with Crippen LogP contribution in [0.5, 0.6) is 11.5 Å². The van der Waals surface area contributed by atoms with E-state index < -0.39 is 17.9 Å². The number of imidazole rings is 1. The number of rotatable bonds is 8. The van der Waals surface area contributed by atoms with E-state index in [9.17, 15) is 14.7 Å². The zero-order valence-electron chi connectivity index (χ0n) is 16.2. The largest absolute Gasteiger partial charge is 0.508 e. The van der Waals surface area contributed by atoms with Crippen LogP contribution in [-0.4, -0.2) is 46.3 Å². The fraction of sp³-hybridized carbons (Fsp3) is 0.143. The highest BCUT2D eigenvalue weighted by Crippen LogP contribution is 2.12. The Balaban J connectivity index is 1.68. The number of nitrogens with zero attached hydrogens (tertiary/aromatic N) is 2. The Kier molecular flexibility index (Phi) is 6.78. The molecule has 0 fully saturated rings. The normalized spacial score (nSPS) is 11.8. The van der Waals surface area contributed by atoms with E-state index in [0.717, 1.165) is 0 Å². The van der Waals surface area contributed by atoms with E-state index in [1.54, 1.807) is 49.7 Å². The maximum absolute atomic E-state index is 12.6. The monoisotopic (exact) mass is 407 g/mol. The molecule has 9 heteroatoms. The van der Waals surface area contributed by atoms with Crippen LogP contribution in [0.2, 0.25) is 0 Å². The first kappa shape index (κ1) is 20.6. The lowest BCUT2D eigenvalue weighted by Gasteiger charge is -2.16. The first-order valence-corrected chi connectivity index (χ1v) is 9.09. The van der Waals surface area contributed by atoms with Crippen molar-refractivity contribution in [3.8, 4) is 11.5 Å². The Morgan fingerprint density at radius 3 is 2.57 bits per heavy atom. The molecule has 2 amide bonds. The molecule has 0 bridgehead atoms. The zero-order chi connectivity index (χ0) is 21.3. The number of aromatic hydroxyl groups is 1. The number of phenolic OH excluding ortho intramolecular Hbond substituents is 1. The van der Waals surface area contributed by atoms with Crippen molar-refractivity contribution in [2.45, 2.75) is 12.5 Å². The third-order valence-corrected chi connectivity index (χ3v) is 4.23. The summed E-state index contributed by atoms with van der Waals surface area (Å²) >= 11 is 0. The predicted octanol–water partition coefficient (Wildman–Crippen LogP) is 1.62. The Hall–Kier alpha value is -4.14. The topological polar surface area (TPSA) is 129 Å². The minimum absolute atomic E-state index is 0.136. The van der Waals surface area contributed by atoms with E-state index in [4.69, 9.17) is 4.74 Å². The van der Waals surface area contributed by atoms with Gasteiger partial charge in [0.15, 0.2) is 0 Å². The van der Waals surface area contributed by atoms with Gasteiger partial charge in [0, 0.05) is 23.9 Å². The van der Waals surface area contributed by atoms with E-state index in [0.29, 0.717) is 22.6 Å². The number of hydrogen-bond acceptors (Lipinski definition) is 6. The third-order valence-electron chi connectivity index (χ3n) is 4.23. The molecule has 1 heterocycles. The summed E-state index contributed by atoms with van der Waals surface area (Å²) in [6.07, 6.45) is 4.73. The summed E-state index contributed by atoms with van der Waals surface area (Å²) in [5.41, 5.74) is 4.21. The first-order valence-electron chi connectivity index (χ1n) is 9.09. The predicted molar refractivity (Wildman–Crippen MR) is 110 cm³/mol. The molecule has 3 rings (SSSR count). The standard InChI is InChI=1S/C21H21N5O4/c1-30-18-8-4-15(5-9-18)20(28)25-19(10-16-12-22-13-23-16)21(29)26-24-11-14-2-6-17(27)7-3-14/h2-9,11-13,19,27H,10H2,1H3,(H,22,23)(H,25,28)(H,26,29)/b24-11+/t19-/m0/s1. The summed E-state index contributed by atoms with van der Waals surface area (Å²) in [6.45, 7) is 0. The van der Waals surface area contributed by atoms with Crippen LogP contribution >= 0.6 is 0 Å². The van der Waals surface area contributed by atoms with Crippen LogP contribution in [-0.2, 0) is 11.2 Å². The molecule has 30 heavy (non-hydrogen) atoms. The minimum atomic E-state index is -0.878. The van der Waals surface area contributed by atoms with Gasteiger partial charge >= 0.3 is 0 Å². The Morgan fingerprint density at radius 2 is 1.93 bits per heavy atom. The second-order valence-corrected chi connectivity index (χ2v) is 6.36. The Morgan fingerprint density at radius 1 is 1.20 bits per heavy atom. The summed E-state index contributed by atoms with van der Waals surface area (Å²) in [5, 5.41) is 15.9. The summed E-state index contributed by atoms with van der Waals surface area (Å²) in [6, 6.07) is 12.0. The van der Waals surface area contributed by atoms with Gasteiger partial charge in [-0.15, -0.1) is 0 Å². The fourth-order valence-corrected chi connectivity index (χ4v) is 2.62. The fourth-order valence-electron chi connectivity index (χ4n) is 2.62. The molecule has 0 aliphatic carbocycles. The number of carbonyl (C=O) groups is 2. The van der Waals surface area contributed by atoms with Crippen molar-refractivity contribution in [3.05, 3.63) is 77.9 Å². The van der Waals surface area contributed by atoms with Crippen LogP contribution in [0.1, 0.15) is 21.6 Å². The molecule has 0 aliphatic rings. The number of ether oxygens (including phenoxy) is 1. The van der Waals surface area contributed by atoms with Gasteiger partial charge in [0.2, 0.25) is 0 Å². The van der Waals surface area contributed by atoms with Gasteiger partial charge in [0.25, 0.3) is 11.8 Å². The third kappa shape index (κ3) is 5.68. The molecule has 0 saturated carbocycles. The van der Waals surface area contributed by atoms with Gasteiger partial charge in [0.1, 0.15) is 17.5 Å². The highest BCUT2D eigenvalue weighted by atomic mass is 16.5. The lowest BCUT2D eigenvalue weighted by Crippen LogP contribution is -2.46. The van der Waals surface area contributed by atoms with Crippen LogP contribution in [0.25, 0.3) is 0 Å². The second-order valence-electron chi connectivity index (χ2n) is 6.36. The number of carbonyl (C=O) groups excluding carboxylic acids is 2. The molecule has 3 aromatic rings. The van der Waals surface area contributed by atoms with Gasteiger partial charge in [-0.2, -0.15) is 5.10 Å². The number of amides is 2. The molecule has 0 spiro atoms. The summed E-state index contributed by atoms with van der Waals surface area (Å²) in [7, 11) is 1.54. The van der Waals surface area contributed by atoms with Crippen LogP contribution < -0.4 is 15.5 Å². The summed E-state index contributed by atoms with van der Waals surface area (Å²) < 4.78 is 5.09. The van der Waals surface area contributed by atoms with Crippen LogP contribution in [0, 0.1) is 0 Å². The second kappa shape index (κ2) is 9.87. The Bertz CT molecular complexity index is 999. The maximum atomic E-state index is 12.6. The molecule has 0 saturated heterocycles. The number of aromatic amines is 1. The number of nitrogens with one attached hydrogen (secondary N) is 3. The van der Waals surface area contributed by atoms with Gasteiger partial charge < -0.3 is 20.1 Å². The number of aromatic nitrogens is 2. The lowest BCUT2D eigenvalue weighted by atomic mass is 10.1. The van der Waals surface area contributed by atoms with Crippen molar-refractivity contribution in [1.29, 1.82) is 0 Å².